The molecule has 2 aliphatic heterocycles. The molecule has 0 aliphatic carbocycles. The van der Waals surface area contributed by atoms with Crippen molar-refractivity contribution in [2.24, 2.45) is 0 Å². The first-order valence-electron chi connectivity index (χ1n) is 9.74. The van der Waals surface area contributed by atoms with Gasteiger partial charge >= 0.3 is 0 Å². The second-order valence-electron chi connectivity index (χ2n) is 7.78. The van der Waals surface area contributed by atoms with Gasteiger partial charge in [-0.1, -0.05) is 0 Å². The lowest BCUT2D eigenvalue weighted by Gasteiger charge is -2.40. The average Bonchev–Trinajstić information content (AvgIpc) is 3.34. The molecule has 2 aromatic heterocycles. The highest BCUT2D eigenvalue weighted by Crippen LogP contribution is 2.38. The number of piperidine rings is 1. The van der Waals surface area contributed by atoms with Crippen LogP contribution in [0.2, 0.25) is 0 Å². The van der Waals surface area contributed by atoms with E-state index in [0.29, 0.717) is 12.5 Å². The number of anilines is 2. The van der Waals surface area contributed by atoms with Gasteiger partial charge in [0.15, 0.2) is 0 Å². The summed E-state index contributed by atoms with van der Waals surface area (Å²) in [6, 6.07) is 2.04. The molecule has 4 rings (SSSR count). The van der Waals surface area contributed by atoms with Gasteiger partial charge < -0.3 is 15.5 Å². The summed E-state index contributed by atoms with van der Waals surface area (Å²) >= 11 is 1.55. The fraction of sp³-hybridized carbons (Fsp3) is 0.579. The van der Waals surface area contributed by atoms with Crippen LogP contribution in [0.25, 0.3) is 0 Å². The molecule has 2 saturated heterocycles. The molecule has 150 valence electrons. The van der Waals surface area contributed by atoms with E-state index in [9.17, 15) is 4.79 Å². The molecule has 28 heavy (non-hydrogen) atoms. The van der Waals surface area contributed by atoms with Crippen molar-refractivity contribution in [1.82, 2.24) is 25.2 Å². The lowest BCUT2D eigenvalue weighted by Crippen LogP contribution is -2.57. The topological polar surface area (TPSA) is 86.3 Å². The van der Waals surface area contributed by atoms with Crippen molar-refractivity contribution < 1.29 is 4.79 Å². The van der Waals surface area contributed by atoms with E-state index >= 15 is 0 Å². The first-order valence-corrected chi connectivity index (χ1v) is 10.7. The molecular weight excluding hydrogens is 374 g/mol. The fourth-order valence-corrected chi connectivity index (χ4v) is 4.84. The molecular formula is C19H27N7OS. The van der Waals surface area contributed by atoms with E-state index in [-0.39, 0.29) is 11.9 Å². The number of amides is 1. The van der Waals surface area contributed by atoms with E-state index < -0.39 is 5.54 Å². The minimum Gasteiger partial charge on any atom is -0.363 e. The highest BCUT2D eigenvalue weighted by Gasteiger charge is 2.51. The number of hydrogen-bond donors (Lipinski definition) is 2. The van der Waals surface area contributed by atoms with Crippen molar-refractivity contribution in [3.63, 3.8) is 0 Å². The van der Waals surface area contributed by atoms with Crippen LogP contribution in [0.1, 0.15) is 31.4 Å². The molecule has 9 heteroatoms. The van der Waals surface area contributed by atoms with Crippen LogP contribution in [0.5, 0.6) is 0 Å². The third kappa shape index (κ3) is 3.81. The molecule has 1 amide bonds. The van der Waals surface area contributed by atoms with Crippen molar-refractivity contribution in [2.45, 2.75) is 43.8 Å². The molecule has 2 aromatic rings. The van der Waals surface area contributed by atoms with Gasteiger partial charge in [-0.05, 0) is 38.3 Å². The van der Waals surface area contributed by atoms with Crippen molar-refractivity contribution in [1.29, 1.82) is 0 Å². The first kappa shape index (κ1) is 19.1. The van der Waals surface area contributed by atoms with Crippen molar-refractivity contribution in [3.05, 3.63) is 28.8 Å². The number of hydrogen-bond acceptors (Lipinski definition) is 8. The SMILES string of the molecule is CN(C)c1ccnc(N[C@@H]2CN3CCCC[C@]3(C(=O)NCc3cscn3)C2)n1. The molecule has 0 bridgehead atoms. The predicted octanol–water partition coefficient (Wildman–Crippen LogP) is 1.72. The Bertz CT molecular complexity index is 812. The molecule has 2 N–H and O–H groups in total. The number of aromatic nitrogens is 3. The summed E-state index contributed by atoms with van der Waals surface area (Å²) in [5, 5.41) is 8.56. The summed E-state index contributed by atoms with van der Waals surface area (Å²) < 4.78 is 0. The van der Waals surface area contributed by atoms with Gasteiger partial charge in [-0.2, -0.15) is 4.98 Å². The lowest BCUT2D eigenvalue weighted by atomic mass is 9.84. The van der Waals surface area contributed by atoms with Crippen LogP contribution >= 0.6 is 11.3 Å². The molecule has 0 saturated carbocycles. The number of carbonyl (C=O) groups is 1. The van der Waals surface area contributed by atoms with E-state index in [0.717, 1.165) is 50.3 Å². The smallest absolute Gasteiger partial charge is 0.240 e. The molecule has 0 unspecified atom stereocenters. The Labute approximate surface area is 169 Å². The van der Waals surface area contributed by atoms with Crippen LogP contribution < -0.4 is 15.5 Å². The second-order valence-corrected chi connectivity index (χ2v) is 8.49. The maximum absolute atomic E-state index is 13.2. The summed E-state index contributed by atoms with van der Waals surface area (Å²) in [5.74, 6) is 1.60. The van der Waals surface area contributed by atoms with Crippen molar-refractivity contribution >= 4 is 29.0 Å². The minimum atomic E-state index is -0.439. The number of rotatable bonds is 6. The Hall–Kier alpha value is -2.26. The van der Waals surface area contributed by atoms with Gasteiger partial charge in [0.25, 0.3) is 0 Å². The third-order valence-electron chi connectivity index (χ3n) is 5.67. The Balaban J connectivity index is 1.46. The molecule has 2 atom stereocenters. The quantitative estimate of drug-likeness (QED) is 0.762. The molecule has 0 aromatic carbocycles. The van der Waals surface area contributed by atoms with Gasteiger partial charge in [-0.3, -0.25) is 9.69 Å². The van der Waals surface area contributed by atoms with E-state index in [1.807, 2.05) is 30.4 Å². The zero-order valence-corrected chi connectivity index (χ0v) is 17.2. The summed E-state index contributed by atoms with van der Waals surface area (Å²) in [6.07, 6.45) is 5.65. The highest BCUT2D eigenvalue weighted by molar-refractivity contribution is 7.07. The van der Waals surface area contributed by atoms with E-state index in [4.69, 9.17) is 0 Å². The van der Waals surface area contributed by atoms with Crippen LogP contribution in [0.15, 0.2) is 23.2 Å². The summed E-state index contributed by atoms with van der Waals surface area (Å²) in [4.78, 5) is 30.7. The predicted molar refractivity (Wildman–Crippen MR) is 111 cm³/mol. The van der Waals surface area contributed by atoms with E-state index in [1.54, 1.807) is 23.0 Å². The number of fused-ring (bicyclic) bond motifs is 1. The molecule has 0 spiro atoms. The van der Waals surface area contributed by atoms with Crippen LogP contribution in [0.4, 0.5) is 11.8 Å². The van der Waals surface area contributed by atoms with Gasteiger partial charge in [-0.15, -0.1) is 11.3 Å². The normalized spacial score (nSPS) is 24.6. The molecule has 2 fully saturated rings. The number of nitrogens with one attached hydrogen (secondary N) is 2. The van der Waals surface area contributed by atoms with Crippen LogP contribution in [0.3, 0.4) is 0 Å². The Morgan fingerprint density at radius 3 is 3.07 bits per heavy atom. The standard InChI is InChI=1S/C19H27N7OS/c1-25(2)16-5-7-20-18(24-16)23-14-9-19(6-3-4-8-26(19)11-14)17(27)21-10-15-12-28-13-22-15/h5,7,12-14H,3-4,6,8-11H2,1-2H3,(H,21,27)(H,20,23,24)/t14-,19+/m0/s1. The summed E-state index contributed by atoms with van der Waals surface area (Å²) in [6.45, 7) is 2.28. The van der Waals surface area contributed by atoms with Gasteiger partial charge in [-0.25, -0.2) is 9.97 Å². The molecule has 8 nitrogen and oxygen atoms in total. The zero-order chi connectivity index (χ0) is 19.6. The van der Waals surface area contributed by atoms with Crippen LogP contribution in [-0.2, 0) is 11.3 Å². The maximum atomic E-state index is 13.2. The number of carbonyl (C=O) groups excluding carboxylic acids is 1. The van der Waals surface area contributed by atoms with Gasteiger partial charge in [0, 0.05) is 38.3 Å². The largest absolute Gasteiger partial charge is 0.363 e. The van der Waals surface area contributed by atoms with Gasteiger partial charge in [0.2, 0.25) is 11.9 Å². The monoisotopic (exact) mass is 401 g/mol. The Kier molecular flexibility index (Phi) is 5.45. The number of nitrogens with zero attached hydrogens (tertiary/aromatic N) is 5. The summed E-state index contributed by atoms with van der Waals surface area (Å²) in [5.41, 5.74) is 2.27. The zero-order valence-electron chi connectivity index (χ0n) is 16.4. The van der Waals surface area contributed by atoms with E-state index in [1.165, 1.54) is 0 Å². The van der Waals surface area contributed by atoms with Crippen molar-refractivity contribution in [2.75, 3.05) is 37.4 Å². The minimum absolute atomic E-state index is 0.118. The average molecular weight is 402 g/mol. The molecule has 4 heterocycles. The number of thiazole rings is 1. The highest BCUT2D eigenvalue weighted by atomic mass is 32.1. The van der Waals surface area contributed by atoms with Gasteiger partial charge in [0.1, 0.15) is 11.4 Å². The Morgan fingerprint density at radius 1 is 1.39 bits per heavy atom. The molecule has 0 radical (unpaired) electrons. The van der Waals surface area contributed by atoms with Gasteiger partial charge in [0.05, 0.1) is 17.7 Å². The van der Waals surface area contributed by atoms with Crippen LogP contribution in [-0.4, -0.2) is 64.5 Å². The summed E-state index contributed by atoms with van der Waals surface area (Å²) in [7, 11) is 3.92. The fourth-order valence-electron chi connectivity index (χ4n) is 4.28. The van der Waals surface area contributed by atoms with Crippen molar-refractivity contribution in [3.8, 4) is 0 Å². The first-order chi connectivity index (χ1) is 13.6. The second kappa shape index (κ2) is 8.00. The maximum Gasteiger partial charge on any atom is 0.240 e. The van der Waals surface area contributed by atoms with E-state index in [2.05, 4.69) is 30.5 Å². The van der Waals surface area contributed by atoms with Crippen LogP contribution in [0, 0.1) is 0 Å². The third-order valence-corrected chi connectivity index (χ3v) is 6.30. The molecule has 2 aliphatic rings. The Morgan fingerprint density at radius 2 is 2.29 bits per heavy atom. The lowest BCUT2D eigenvalue weighted by molar-refractivity contribution is -0.134.